The first-order valence-corrected chi connectivity index (χ1v) is 8.95. The molecule has 0 aliphatic rings. The summed E-state index contributed by atoms with van der Waals surface area (Å²) >= 11 is 0. The molecule has 1 unspecified atom stereocenters. The molecule has 0 saturated carbocycles. The Morgan fingerprint density at radius 3 is 2.35 bits per heavy atom. The van der Waals surface area contributed by atoms with E-state index in [1.165, 1.54) is 0 Å². The Labute approximate surface area is 136 Å². The van der Waals surface area contributed by atoms with E-state index in [1.807, 2.05) is 51.1 Å². The first-order valence-electron chi connectivity index (χ1n) is 7.22. The monoisotopic (exact) mass is 334 g/mol. The molecule has 5 nitrogen and oxygen atoms in total. The minimum Gasteiger partial charge on any atom is -0.289 e. The summed E-state index contributed by atoms with van der Waals surface area (Å²) in [4.78, 5) is 12.4. The van der Waals surface area contributed by atoms with Gasteiger partial charge >= 0.3 is 0 Å². The number of carbonyl (C=O) groups excluding carboxylic acids is 1. The summed E-state index contributed by atoms with van der Waals surface area (Å²) in [5, 5.41) is 10.9. The van der Waals surface area contributed by atoms with Crippen molar-refractivity contribution < 1.29 is 14.2 Å². The van der Waals surface area contributed by atoms with E-state index >= 15 is 0 Å². The molecule has 124 valence electrons. The van der Waals surface area contributed by atoms with E-state index in [0.717, 1.165) is 10.8 Å². The number of hydrogen-bond donors (Lipinski definition) is 3. The highest BCUT2D eigenvalue weighted by Crippen LogP contribution is 2.23. The standard InChI is InChI=1S/C17H22N2O3S/c1-17(2,3)15(16(20)18-21)19-23(4,22)14-10-9-12-7-5-6-8-13(12)11-14/h5-11,15,21H,4H2,1-3H3,(H,18,20)(H,19,22)/t15-,23?/m0/s1. The third-order valence-corrected chi connectivity index (χ3v) is 5.28. The topological polar surface area (TPSA) is 78.4 Å². The maximum Gasteiger partial charge on any atom is 0.261 e. The number of rotatable bonds is 4. The first-order chi connectivity index (χ1) is 10.6. The zero-order valence-corrected chi connectivity index (χ0v) is 14.3. The molecule has 23 heavy (non-hydrogen) atoms. The van der Waals surface area contributed by atoms with Crippen molar-refractivity contribution in [2.45, 2.75) is 31.7 Å². The average Bonchev–Trinajstić information content (AvgIpc) is 2.50. The molecule has 0 radical (unpaired) electrons. The van der Waals surface area contributed by atoms with E-state index in [9.17, 15) is 9.00 Å². The molecule has 0 aliphatic carbocycles. The van der Waals surface area contributed by atoms with Gasteiger partial charge in [0.25, 0.3) is 5.91 Å². The van der Waals surface area contributed by atoms with Gasteiger partial charge in [-0.15, -0.1) is 0 Å². The molecule has 1 amide bonds. The zero-order valence-electron chi connectivity index (χ0n) is 13.5. The maximum absolute atomic E-state index is 13.0. The molecular formula is C17H22N2O3S. The smallest absolute Gasteiger partial charge is 0.261 e. The maximum atomic E-state index is 13.0. The van der Waals surface area contributed by atoms with E-state index in [0.29, 0.717) is 4.90 Å². The minimum atomic E-state index is -2.91. The van der Waals surface area contributed by atoms with Crippen LogP contribution in [0.5, 0.6) is 0 Å². The van der Waals surface area contributed by atoms with E-state index in [2.05, 4.69) is 10.6 Å². The SMILES string of the molecule is C=S(=O)(N[C@@H](C(=O)NO)C(C)(C)C)c1ccc2ccccc2c1. The van der Waals surface area contributed by atoms with Gasteiger partial charge in [-0.3, -0.25) is 10.0 Å². The van der Waals surface area contributed by atoms with E-state index < -0.39 is 27.1 Å². The number of nitrogens with one attached hydrogen (secondary N) is 2. The fourth-order valence-corrected chi connectivity index (χ4v) is 3.90. The molecule has 2 aromatic carbocycles. The summed E-state index contributed by atoms with van der Waals surface area (Å²) in [6.45, 7) is 5.45. The van der Waals surface area contributed by atoms with Crippen molar-refractivity contribution in [1.29, 1.82) is 0 Å². The van der Waals surface area contributed by atoms with Gasteiger partial charge in [0.1, 0.15) is 6.04 Å². The zero-order chi connectivity index (χ0) is 17.3. The summed E-state index contributed by atoms with van der Waals surface area (Å²) in [6.07, 6.45) is 0. The molecule has 0 saturated heterocycles. The molecule has 6 heteroatoms. The van der Waals surface area contributed by atoms with E-state index in [4.69, 9.17) is 5.21 Å². The predicted octanol–water partition coefficient (Wildman–Crippen LogP) is 2.34. The second-order valence-corrected chi connectivity index (χ2v) is 8.63. The normalized spacial score (nSPS) is 15.8. The van der Waals surface area contributed by atoms with Crippen LogP contribution in [0.1, 0.15) is 20.8 Å². The van der Waals surface area contributed by atoms with Crippen molar-refractivity contribution >= 4 is 32.3 Å². The molecule has 3 N–H and O–H groups in total. The number of benzene rings is 2. The fraction of sp³-hybridized carbons (Fsp3) is 0.294. The Balaban J connectivity index is 2.41. The molecule has 2 atom stereocenters. The third kappa shape index (κ3) is 3.90. The second kappa shape index (κ2) is 6.31. The van der Waals surface area contributed by atoms with Crippen molar-refractivity contribution in [3.63, 3.8) is 0 Å². The van der Waals surface area contributed by atoms with Gasteiger partial charge in [-0.05, 0) is 34.2 Å². The summed E-state index contributed by atoms with van der Waals surface area (Å²) in [7, 11) is -2.91. The van der Waals surface area contributed by atoms with Gasteiger partial charge in [0.2, 0.25) is 0 Å². The molecule has 0 spiro atoms. The van der Waals surface area contributed by atoms with Crippen LogP contribution >= 0.6 is 0 Å². The van der Waals surface area contributed by atoms with Crippen LogP contribution in [0, 0.1) is 5.41 Å². The predicted molar refractivity (Wildman–Crippen MR) is 93.8 cm³/mol. The first kappa shape index (κ1) is 17.5. The summed E-state index contributed by atoms with van der Waals surface area (Å²) in [5.74, 6) is 3.13. The molecule has 0 fully saturated rings. The van der Waals surface area contributed by atoms with Crippen LogP contribution in [0.4, 0.5) is 0 Å². The van der Waals surface area contributed by atoms with E-state index in [1.54, 1.807) is 17.6 Å². The molecule has 2 rings (SSSR count). The van der Waals surface area contributed by atoms with Crippen LogP contribution in [0.3, 0.4) is 0 Å². The molecule has 0 aromatic heterocycles. The van der Waals surface area contributed by atoms with Crippen LogP contribution < -0.4 is 10.2 Å². The lowest BCUT2D eigenvalue weighted by Gasteiger charge is -2.30. The molecule has 0 bridgehead atoms. The van der Waals surface area contributed by atoms with Gasteiger partial charge in [-0.2, -0.15) is 0 Å². The molecule has 2 aromatic rings. The number of amides is 1. The number of carbonyl (C=O) groups is 1. The van der Waals surface area contributed by atoms with Gasteiger partial charge in [-0.25, -0.2) is 14.4 Å². The van der Waals surface area contributed by atoms with Crippen molar-refractivity contribution in [2.75, 3.05) is 0 Å². The molecule has 0 aliphatic heterocycles. The molecule has 0 heterocycles. The second-order valence-electron chi connectivity index (χ2n) is 6.58. The van der Waals surface area contributed by atoms with Crippen LogP contribution in [0.2, 0.25) is 0 Å². The summed E-state index contributed by atoms with van der Waals surface area (Å²) in [5.41, 5.74) is 1.07. The lowest BCUT2D eigenvalue weighted by atomic mass is 9.87. The Morgan fingerprint density at radius 1 is 1.17 bits per heavy atom. The highest BCUT2D eigenvalue weighted by molar-refractivity contribution is 7.98. The van der Waals surface area contributed by atoms with Crippen molar-refractivity contribution in [3.8, 4) is 0 Å². The largest absolute Gasteiger partial charge is 0.289 e. The summed E-state index contributed by atoms with van der Waals surface area (Å²) < 4.78 is 15.8. The number of fused-ring (bicyclic) bond motifs is 1. The minimum absolute atomic E-state index is 0.510. The fourth-order valence-electron chi connectivity index (χ4n) is 2.32. The average molecular weight is 334 g/mol. The molecular weight excluding hydrogens is 312 g/mol. The van der Waals surface area contributed by atoms with Crippen molar-refractivity contribution in [3.05, 3.63) is 42.5 Å². The Kier molecular flexibility index (Phi) is 4.79. The Bertz CT molecular complexity index is 823. The van der Waals surface area contributed by atoms with Crippen LogP contribution in [-0.2, 0) is 14.5 Å². The third-order valence-electron chi connectivity index (χ3n) is 3.65. The van der Waals surface area contributed by atoms with Gasteiger partial charge in [0.15, 0.2) is 0 Å². The number of hydroxylamine groups is 1. The lowest BCUT2D eigenvalue weighted by Crippen LogP contribution is -2.52. The highest BCUT2D eigenvalue weighted by atomic mass is 32.2. The van der Waals surface area contributed by atoms with Crippen LogP contribution in [0.25, 0.3) is 10.8 Å². The van der Waals surface area contributed by atoms with Gasteiger partial charge < -0.3 is 0 Å². The van der Waals surface area contributed by atoms with Gasteiger partial charge in [-0.1, -0.05) is 51.1 Å². The van der Waals surface area contributed by atoms with Gasteiger partial charge in [0.05, 0.1) is 9.71 Å². The van der Waals surface area contributed by atoms with Crippen molar-refractivity contribution in [2.24, 2.45) is 5.41 Å². The lowest BCUT2D eigenvalue weighted by molar-refractivity contribution is -0.133. The number of hydrogen-bond acceptors (Lipinski definition) is 3. The van der Waals surface area contributed by atoms with Crippen LogP contribution in [0.15, 0.2) is 47.4 Å². The highest BCUT2D eigenvalue weighted by Gasteiger charge is 2.33. The Morgan fingerprint density at radius 2 is 1.78 bits per heavy atom. The van der Waals surface area contributed by atoms with E-state index in [-0.39, 0.29) is 0 Å². The van der Waals surface area contributed by atoms with Gasteiger partial charge in [0, 0.05) is 4.90 Å². The quantitative estimate of drug-likeness (QED) is 0.456. The summed E-state index contributed by atoms with van der Waals surface area (Å²) in [6, 6.07) is 12.3. The van der Waals surface area contributed by atoms with Crippen molar-refractivity contribution in [1.82, 2.24) is 10.2 Å². The van der Waals surface area contributed by atoms with Crippen LogP contribution in [-0.4, -0.2) is 27.2 Å². The Hall–Kier alpha value is -1.89.